The number of fused-ring (bicyclic) bond motifs is 1. The Morgan fingerprint density at radius 3 is 2.66 bits per heavy atom. The van der Waals surface area contributed by atoms with Gasteiger partial charge >= 0.3 is 0 Å². The largest absolute Gasteiger partial charge is 0.495 e. The average molecular weight is 477 g/mol. The van der Waals surface area contributed by atoms with Crippen LogP contribution < -0.4 is 4.74 Å². The van der Waals surface area contributed by atoms with Crippen LogP contribution >= 0.6 is 0 Å². The van der Waals surface area contributed by atoms with Gasteiger partial charge in [-0.1, -0.05) is 11.2 Å². The van der Waals surface area contributed by atoms with Crippen molar-refractivity contribution in [2.45, 2.75) is 31.1 Å². The molecule has 3 heterocycles. The van der Waals surface area contributed by atoms with Crippen molar-refractivity contribution in [3.8, 4) is 11.4 Å². The van der Waals surface area contributed by atoms with Crippen LogP contribution in [0.2, 0.25) is 0 Å². The van der Waals surface area contributed by atoms with Gasteiger partial charge in [0.1, 0.15) is 23.8 Å². The molecule has 1 spiro atoms. The van der Waals surface area contributed by atoms with E-state index in [1.165, 1.54) is 12.1 Å². The number of imidazole rings is 1. The summed E-state index contributed by atoms with van der Waals surface area (Å²) in [5, 5.41) is 14.7. The number of nitrogens with zero attached hydrogens (tertiary/aromatic N) is 4. The number of aromatic nitrogens is 2. The van der Waals surface area contributed by atoms with E-state index in [-0.39, 0.29) is 18.0 Å². The van der Waals surface area contributed by atoms with E-state index in [1.54, 1.807) is 25.6 Å². The molecule has 1 aromatic heterocycles. The molecule has 1 N–H and O–H groups in total. The smallest absolute Gasteiger partial charge is 0.260 e. The van der Waals surface area contributed by atoms with Crippen LogP contribution in [0.15, 0.2) is 65.9 Å². The Morgan fingerprint density at radius 2 is 2.00 bits per heavy atom. The van der Waals surface area contributed by atoms with Gasteiger partial charge in [-0.05, 0) is 67.8 Å². The molecular weight excluding hydrogens is 451 g/mol. The highest BCUT2D eigenvalue weighted by molar-refractivity contribution is 6.02. The molecule has 1 atom stereocenters. The molecule has 2 aromatic carbocycles. The summed E-state index contributed by atoms with van der Waals surface area (Å²) in [5.41, 5.74) is 1.67. The van der Waals surface area contributed by atoms with Crippen LogP contribution in [0, 0.1) is 12.7 Å². The minimum absolute atomic E-state index is 0.345. The monoisotopic (exact) mass is 476 g/mol. The molecule has 0 bridgehead atoms. The van der Waals surface area contributed by atoms with Crippen LogP contribution in [0.4, 0.5) is 4.39 Å². The Kier molecular flexibility index (Phi) is 4.86. The maximum atomic E-state index is 13.6. The van der Waals surface area contributed by atoms with Crippen molar-refractivity contribution < 1.29 is 23.8 Å². The molecule has 1 saturated heterocycles. The quantitative estimate of drug-likeness (QED) is 0.605. The lowest BCUT2D eigenvalue weighted by molar-refractivity contribution is -0.149. The summed E-state index contributed by atoms with van der Waals surface area (Å²) in [6.07, 6.45) is 7.36. The van der Waals surface area contributed by atoms with E-state index in [0.29, 0.717) is 29.5 Å². The van der Waals surface area contributed by atoms with E-state index in [1.807, 2.05) is 46.9 Å². The van der Waals surface area contributed by atoms with Gasteiger partial charge in [0.05, 0.1) is 31.4 Å². The number of rotatable bonds is 5. The van der Waals surface area contributed by atoms with Gasteiger partial charge < -0.3 is 28.9 Å². The van der Waals surface area contributed by atoms with E-state index in [9.17, 15) is 9.50 Å². The maximum absolute atomic E-state index is 13.6. The molecule has 2 fully saturated rings. The molecular formula is C26H25FN4O4. The molecule has 0 radical (unpaired) electrons. The zero-order chi connectivity index (χ0) is 24.2. The van der Waals surface area contributed by atoms with E-state index in [2.05, 4.69) is 10.1 Å². The van der Waals surface area contributed by atoms with Crippen molar-refractivity contribution in [3.63, 3.8) is 0 Å². The van der Waals surface area contributed by atoms with E-state index >= 15 is 0 Å². The minimum Gasteiger partial charge on any atom is -0.495 e. The van der Waals surface area contributed by atoms with Crippen molar-refractivity contribution in [1.82, 2.24) is 14.5 Å². The normalized spacial score (nSPS) is 23.0. The maximum Gasteiger partial charge on any atom is 0.260 e. The van der Waals surface area contributed by atoms with Crippen molar-refractivity contribution >= 4 is 11.9 Å². The lowest BCUT2D eigenvalue weighted by atomic mass is 9.99. The number of methoxy groups -OCH3 is 1. The van der Waals surface area contributed by atoms with Crippen LogP contribution in [0.3, 0.4) is 0 Å². The highest BCUT2D eigenvalue weighted by Gasteiger charge is 2.59. The van der Waals surface area contributed by atoms with Gasteiger partial charge in [0.2, 0.25) is 5.84 Å². The molecule has 9 heteroatoms. The summed E-state index contributed by atoms with van der Waals surface area (Å²) in [7, 11) is 1.63. The minimum atomic E-state index is -1.23. The standard InChI is InChI=1S/C26H25FN4O4/c1-17-13-30(16-28-17)21-8-3-18(11-22(21)33-2)12-23-24-29-35-26(15-32,19-4-6-20(27)7-5-19)31(24)14-25(34-23)9-10-25/h3-8,11-13,16,32H,9-10,14-15H2,1-2H3/b23-12-. The second-order valence-corrected chi connectivity index (χ2v) is 9.19. The molecule has 1 aliphatic carbocycles. The van der Waals surface area contributed by atoms with Gasteiger partial charge in [-0.3, -0.25) is 0 Å². The van der Waals surface area contributed by atoms with E-state index in [0.717, 1.165) is 29.8 Å². The van der Waals surface area contributed by atoms with Gasteiger partial charge in [-0.25, -0.2) is 9.37 Å². The van der Waals surface area contributed by atoms with Crippen molar-refractivity contribution in [2.24, 2.45) is 5.16 Å². The molecule has 6 rings (SSSR count). The molecule has 35 heavy (non-hydrogen) atoms. The van der Waals surface area contributed by atoms with Crippen molar-refractivity contribution in [1.29, 1.82) is 0 Å². The van der Waals surface area contributed by atoms with E-state index < -0.39 is 5.72 Å². The number of aliphatic hydroxyl groups is 1. The number of halogens is 1. The number of morpholine rings is 1. The molecule has 1 saturated carbocycles. The summed E-state index contributed by atoms with van der Waals surface area (Å²) < 4.78 is 27.5. The summed E-state index contributed by atoms with van der Waals surface area (Å²) >= 11 is 0. The predicted molar refractivity (Wildman–Crippen MR) is 126 cm³/mol. The fourth-order valence-corrected chi connectivity index (χ4v) is 4.69. The highest BCUT2D eigenvalue weighted by Crippen LogP contribution is 2.50. The summed E-state index contributed by atoms with van der Waals surface area (Å²) in [5.74, 6) is 1.38. The number of hydrogen-bond acceptors (Lipinski definition) is 7. The SMILES string of the molecule is COc1cc(/C=C2\OC3(CC3)CN3C2=NOC3(CO)c2ccc(F)cc2)ccc1-n1cnc(C)c1. The van der Waals surface area contributed by atoms with Crippen LogP contribution in [-0.2, 0) is 15.3 Å². The molecule has 180 valence electrons. The van der Waals surface area contributed by atoms with Gasteiger partial charge in [0.15, 0.2) is 5.76 Å². The third-order valence-electron chi connectivity index (χ3n) is 6.78. The first kappa shape index (κ1) is 21.7. The third kappa shape index (κ3) is 3.54. The zero-order valence-electron chi connectivity index (χ0n) is 19.4. The van der Waals surface area contributed by atoms with Crippen LogP contribution in [-0.4, -0.2) is 51.3 Å². The van der Waals surface area contributed by atoms with E-state index in [4.69, 9.17) is 14.3 Å². The fourth-order valence-electron chi connectivity index (χ4n) is 4.69. The lowest BCUT2D eigenvalue weighted by Gasteiger charge is -2.42. The number of aryl methyl sites for hydroxylation is 1. The third-order valence-corrected chi connectivity index (χ3v) is 6.78. The lowest BCUT2D eigenvalue weighted by Crippen LogP contribution is -2.56. The molecule has 1 unspecified atom stereocenters. The number of ether oxygens (including phenoxy) is 2. The number of benzene rings is 2. The second-order valence-electron chi connectivity index (χ2n) is 9.19. The summed E-state index contributed by atoms with van der Waals surface area (Å²) in [4.78, 5) is 12.1. The van der Waals surface area contributed by atoms with Gasteiger partial charge in [-0.2, -0.15) is 0 Å². The van der Waals surface area contributed by atoms with Gasteiger partial charge in [0.25, 0.3) is 5.72 Å². The van der Waals surface area contributed by atoms with Crippen molar-refractivity contribution in [3.05, 3.63) is 83.4 Å². The second kappa shape index (κ2) is 7.84. The van der Waals surface area contributed by atoms with Crippen LogP contribution in [0.25, 0.3) is 11.8 Å². The van der Waals surface area contributed by atoms with Crippen LogP contribution in [0.1, 0.15) is 29.7 Å². The Hall–Kier alpha value is -3.85. The molecule has 3 aliphatic rings. The molecule has 2 aliphatic heterocycles. The Labute approximate surface area is 201 Å². The highest BCUT2D eigenvalue weighted by atomic mass is 19.1. The number of hydrogen-bond donors (Lipinski definition) is 1. The van der Waals surface area contributed by atoms with Gasteiger partial charge in [0, 0.05) is 11.8 Å². The van der Waals surface area contributed by atoms with Gasteiger partial charge in [-0.15, -0.1) is 0 Å². The zero-order valence-corrected chi connectivity index (χ0v) is 19.4. The number of aliphatic hydroxyl groups excluding tert-OH is 1. The first-order valence-electron chi connectivity index (χ1n) is 11.5. The first-order chi connectivity index (χ1) is 16.9. The average Bonchev–Trinajstić information content (AvgIpc) is 3.28. The Bertz CT molecular complexity index is 1350. The van der Waals surface area contributed by atoms with Crippen LogP contribution in [0.5, 0.6) is 5.75 Å². The Balaban J connectivity index is 1.38. The molecule has 3 aromatic rings. The topological polar surface area (TPSA) is 81.3 Å². The fraction of sp³-hybridized carbons (Fsp3) is 0.308. The molecule has 8 nitrogen and oxygen atoms in total. The summed E-state index contributed by atoms with van der Waals surface area (Å²) in [6.45, 7) is 2.11. The first-order valence-corrected chi connectivity index (χ1v) is 11.5. The Morgan fingerprint density at radius 1 is 1.20 bits per heavy atom. The molecule has 0 amide bonds. The number of oxime groups is 1. The number of amidine groups is 1. The van der Waals surface area contributed by atoms with Crippen molar-refractivity contribution in [2.75, 3.05) is 20.3 Å². The summed E-state index contributed by atoms with van der Waals surface area (Å²) in [6, 6.07) is 11.8. The predicted octanol–water partition coefficient (Wildman–Crippen LogP) is 3.72.